The number of benzene rings is 2. The number of nitriles is 1. The Balaban J connectivity index is 2.34. The van der Waals surface area contributed by atoms with Crippen LogP contribution in [-0.4, -0.2) is 0 Å². The SMILES string of the molecule is CCC(Nc1ccc(F)cc1C#N)c1ccc(Cl)cc1Cl. The average Bonchev–Trinajstić information content (AvgIpc) is 2.46. The first-order chi connectivity index (χ1) is 10.0. The lowest BCUT2D eigenvalue weighted by atomic mass is 10.0. The second-order valence-corrected chi connectivity index (χ2v) is 5.42. The second kappa shape index (κ2) is 6.80. The Kier molecular flexibility index (Phi) is 5.06. The Labute approximate surface area is 133 Å². The van der Waals surface area contributed by atoms with Crippen molar-refractivity contribution in [3.63, 3.8) is 0 Å². The Morgan fingerprint density at radius 3 is 2.62 bits per heavy atom. The predicted octanol–water partition coefficient (Wildman–Crippen LogP) is 5.57. The van der Waals surface area contributed by atoms with Crippen LogP contribution in [0.4, 0.5) is 10.1 Å². The van der Waals surface area contributed by atoms with E-state index in [9.17, 15) is 4.39 Å². The molecule has 2 nitrogen and oxygen atoms in total. The molecule has 1 atom stereocenters. The molecule has 1 unspecified atom stereocenters. The van der Waals surface area contributed by atoms with Crippen LogP contribution in [0.3, 0.4) is 0 Å². The fourth-order valence-corrected chi connectivity index (χ4v) is 2.65. The zero-order chi connectivity index (χ0) is 15.4. The van der Waals surface area contributed by atoms with Crippen LogP contribution < -0.4 is 5.32 Å². The van der Waals surface area contributed by atoms with Gasteiger partial charge in [0.15, 0.2) is 0 Å². The topological polar surface area (TPSA) is 35.8 Å². The van der Waals surface area contributed by atoms with Crippen molar-refractivity contribution in [1.82, 2.24) is 0 Å². The van der Waals surface area contributed by atoms with E-state index in [0.29, 0.717) is 15.7 Å². The molecule has 0 saturated heterocycles. The summed E-state index contributed by atoms with van der Waals surface area (Å²) in [4.78, 5) is 0. The van der Waals surface area contributed by atoms with E-state index in [1.165, 1.54) is 12.1 Å². The van der Waals surface area contributed by atoms with Crippen LogP contribution in [0.2, 0.25) is 10.0 Å². The fourth-order valence-electron chi connectivity index (χ4n) is 2.11. The molecule has 0 saturated carbocycles. The van der Waals surface area contributed by atoms with Gasteiger partial charge in [0.05, 0.1) is 17.3 Å². The molecule has 0 aliphatic carbocycles. The summed E-state index contributed by atoms with van der Waals surface area (Å²) in [5.74, 6) is -0.435. The van der Waals surface area contributed by atoms with Gasteiger partial charge in [-0.1, -0.05) is 36.2 Å². The molecule has 0 heterocycles. The molecule has 5 heteroatoms. The summed E-state index contributed by atoms with van der Waals surface area (Å²) in [5.41, 5.74) is 1.73. The van der Waals surface area contributed by atoms with Crippen LogP contribution in [0.5, 0.6) is 0 Å². The minimum Gasteiger partial charge on any atom is -0.377 e. The molecule has 21 heavy (non-hydrogen) atoms. The lowest BCUT2D eigenvalue weighted by Gasteiger charge is -2.21. The molecule has 2 aromatic rings. The van der Waals surface area contributed by atoms with Crippen molar-refractivity contribution >= 4 is 28.9 Å². The second-order valence-electron chi connectivity index (χ2n) is 4.57. The lowest BCUT2D eigenvalue weighted by molar-refractivity contribution is 0.627. The van der Waals surface area contributed by atoms with E-state index in [1.54, 1.807) is 18.2 Å². The maximum absolute atomic E-state index is 13.2. The Bertz CT molecular complexity index is 695. The first-order valence-corrected chi connectivity index (χ1v) is 7.22. The standard InChI is InChI=1S/C16H13Cl2FN2/c1-2-15(13-5-3-11(17)8-14(13)18)21-16-6-4-12(19)7-10(16)9-20/h3-8,15,21H,2H2,1H3. The molecule has 0 bridgehead atoms. The van der Waals surface area contributed by atoms with E-state index in [1.807, 2.05) is 19.1 Å². The number of nitrogens with zero attached hydrogens (tertiary/aromatic N) is 1. The quantitative estimate of drug-likeness (QED) is 0.798. The van der Waals surface area contributed by atoms with Crippen molar-refractivity contribution in [3.05, 3.63) is 63.4 Å². The molecule has 0 fully saturated rings. The molecule has 0 amide bonds. The first kappa shape index (κ1) is 15.6. The summed E-state index contributed by atoms with van der Waals surface area (Å²) in [6.07, 6.45) is 0.754. The molecular formula is C16H13Cl2FN2. The van der Waals surface area contributed by atoms with Crippen LogP contribution in [0, 0.1) is 17.1 Å². The number of hydrogen-bond donors (Lipinski definition) is 1. The van der Waals surface area contributed by atoms with E-state index in [4.69, 9.17) is 28.5 Å². The van der Waals surface area contributed by atoms with Gasteiger partial charge in [-0.2, -0.15) is 5.26 Å². The molecule has 0 aromatic heterocycles. The highest BCUT2D eigenvalue weighted by atomic mass is 35.5. The summed E-state index contributed by atoms with van der Waals surface area (Å²) < 4.78 is 13.2. The third-order valence-corrected chi connectivity index (χ3v) is 3.74. The monoisotopic (exact) mass is 322 g/mol. The van der Waals surface area contributed by atoms with E-state index in [0.717, 1.165) is 12.0 Å². The maximum atomic E-state index is 13.2. The van der Waals surface area contributed by atoms with Crippen molar-refractivity contribution in [2.24, 2.45) is 0 Å². The van der Waals surface area contributed by atoms with Gasteiger partial charge in [-0.05, 0) is 42.3 Å². The van der Waals surface area contributed by atoms with Crippen LogP contribution in [0.15, 0.2) is 36.4 Å². The molecule has 1 N–H and O–H groups in total. The predicted molar refractivity (Wildman–Crippen MR) is 84.2 cm³/mol. The highest BCUT2D eigenvalue weighted by Crippen LogP contribution is 2.31. The summed E-state index contributed by atoms with van der Waals surface area (Å²) >= 11 is 12.1. The summed E-state index contributed by atoms with van der Waals surface area (Å²) in [7, 11) is 0. The molecule has 108 valence electrons. The van der Waals surface area contributed by atoms with Crippen molar-refractivity contribution in [3.8, 4) is 6.07 Å². The Hall–Kier alpha value is -1.76. The highest BCUT2D eigenvalue weighted by Gasteiger charge is 2.15. The van der Waals surface area contributed by atoms with Gasteiger partial charge in [0.1, 0.15) is 11.9 Å². The van der Waals surface area contributed by atoms with Gasteiger partial charge in [0.2, 0.25) is 0 Å². The van der Waals surface area contributed by atoms with E-state index < -0.39 is 5.82 Å². The molecule has 0 aliphatic heterocycles. The number of rotatable bonds is 4. The van der Waals surface area contributed by atoms with Crippen LogP contribution in [0.1, 0.15) is 30.5 Å². The Morgan fingerprint density at radius 1 is 1.24 bits per heavy atom. The van der Waals surface area contributed by atoms with Crippen molar-refractivity contribution in [1.29, 1.82) is 5.26 Å². The number of hydrogen-bond acceptors (Lipinski definition) is 2. The van der Waals surface area contributed by atoms with Crippen LogP contribution in [0.25, 0.3) is 0 Å². The van der Waals surface area contributed by atoms with Gasteiger partial charge < -0.3 is 5.32 Å². The first-order valence-electron chi connectivity index (χ1n) is 6.46. The number of anilines is 1. The molecule has 0 spiro atoms. The van der Waals surface area contributed by atoms with E-state index >= 15 is 0 Å². The maximum Gasteiger partial charge on any atom is 0.124 e. The number of nitrogens with one attached hydrogen (secondary N) is 1. The molecular weight excluding hydrogens is 310 g/mol. The fraction of sp³-hybridized carbons (Fsp3) is 0.188. The largest absolute Gasteiger partial charge is 0.377 e. The van der Waals surface area contributed by atoms with E-state index in [2.05, 4.69) is 5.32 Å². The van der Waals surface area contributed by atoms with Gasteiger partial charge in [0.25, 0.3) is 0 Å². The molecule has 0 aliphatic rings. The minimum absolute atomic E-state index is 0.0904. The van der Waals surface area contributed by atoms with Crippen molar-refractivity contribution in [2.75, 3.05) is 5.32 Å². The van der Waals surface area contributed by atoms with Gasteiger partial charge in [0, 0.05) is 10.0 Å². The number of halogens is 3. The zero-order valence-electron chi connectivity index (χ0n) is 11.3. The Morgan fingerprint density at radius 2 is 2.00 bits per heavy atom. The third-order valence-electron chi connectivity index (χ3n) is 3.18. The molecule has 2 rings (SSSR count). The minimum atomic E-state index is -0.435. The van der Waals surface area contributed by atoms with Gasteiger partial charge >= 0.3 is 0 Å². The lowest BCUT2D eigenvalue weighted by Crippen LogP contribution is -2.11. The molecule has 2 aromatic carbocycles. The summed E-state index contributed by atoms with van der Waals surface area (Å²) in [5, 5.41) is 13.5. The van der Waals surface area contributed by atoms with Gasteiger partial charge in [-0.15, -0.1) is 0 Å². The van der Waals surface area contributed by atoms with Gasteiger partial charge in [-0.25, -0.2) is 4.39 Å². The average molecular weight is 323 g/mol. The molecule has 0 radical (unpaired) electrons. The highest BCUT2D eigenvalue weighted by molar-refractivity contribution is 6.35. The third kappa shape index (κ3) is 3.66. The summed E-state index contributed by atoms with van der Waals surface area (Å²) in [6.45, 7) is 2.00. The normalized spacial score (nSPS) is 11.8. The zero-order valence-corrected chi connectivity index (χ0v) is 12.8. The smallest absolute Gasteiger partial charge is 0.124 e. The van der Waals surface area contributed by atoms with Crippen molar-refractivity contribution < 1.29 is 4.39 Å². The van der Waals surface area contributed by atoms with Crippen molar-refractivity contribution in [2.45, 2.75) is 19.4 Å². The van der Waals surface area contributed by atoms with Crippen LogP contribution >= 0.6 is 23.2 Å². The van der Waals surface area contributed by atoms with Crippen LogP contribution in [-0.2, 0) is 0 Å². The van der Waals surface area contributed by atoms with Gasteiger partial charge in [-0.3, -0.25) is 0 Å². The van der Waals surface area contributed by atoms with E-state index in [-0.39, 0.29) is 11.6 Å². The summed E-state index contributed by atoms with van der Waals surface area (Å²) in [6, 6.07) is 11.3.